The van der Waals surface area contributed by atoms with E-state index in [1.807, 2.05) is 26.0 Å². The average Bonchev–Trinajstić information content (AvgIpc) is 2.96. The Kier molecular flexibility index (Phi) is 4.23. The molecule has 0 aliphatic heterocycles. The van der Waals surface area contributed by atoms with Gasteiger partial charge in [0, 0.05) is 7.11 Å². The van der Waals surface area contributed by atoms with Crippen LogP contribution in [0, 0.1) is 5.92 Å². The molecule has 0 aromatic carbocycles. The Hall–Kier alpha value is -1.69. The largest absolute Gasteiger partial charge is 0.481 e. The molecule has 3 unspecified atom stereocenters. The minimum Gasteiger partial charge on any atom is -0.481 e. The molecule has 1 aliphatic carbocycles. The van der Waals surface area contributed by atoms with E-state index in [0.717, 1.165) is 0 Å². The minimum atomic E-state index is -0.830. The predicted octanol–water partition coefficient (Wildman–Crippen LogP) is 2.48. The van der Waals surface area contributed by atoms with Crippen LogP contribution in [0.2, 0.25) is 0 Å². The summed E-state index contributed by atoms with van der Waals surface area (Å²) in [7, 11) is 1.60. The van der Waals surface area contributed by atoms with Crippen LogP contribution in [0.25, 0.3) is 0 Å². The number of rotatable bonds is 5. The first kappa shape index (κ1) is 14.7. The number of aliphatic carboxylic acids is 1. The molecule has 0 fully saturated rings. The minimum absolute atomic E-state index is 0.267. The molecule has 20 heavy (non-hydrogen) atoms. The molecule has 2 rings (SSSR count). The molecule has 0 saturated heterocycles. The number of carboxylic acid groups (broad SMARTS) is 1. The second kappa shape index (κ2) is 5.75. The molecule has 0 bridgehead atoms. The fourth-order valence-corrected chi connectivity index (χ4v) is 2.35. The van der Waals surface area contributed by atoms with Crippen LogP contribution in [-0.4, -0.2) is 28.3 Å². The van der Waals surface area contributed by atoms with Crippen molar-refractivity contribution in [2.45, 2.75) is 44.6 Å². The van der Waals surface area contributed by atoms with Crippen molar-refractivity contribution in [1.82, 2.24) is 10.1 Å². The Morgan fingerprint density at radius 2 is 2.25 bits per heavy atom. The van der Waals surface area contributed by atoms with Crippen LogP contribution in [-0.2, 0) is 15.1 Å². The van der Waals surface area contributed by atoms with Gasteiger partial charge in [-0.25, -0.2) is 0 Å². The molecule has 1 aliphatic rings. The van der Waals surface area contributed by atoms with Crippen molar-refractivity contribution in [3.8, 4) is 0 Å². The second-order valence-corrected chi connectivity index (χ2v) is 5.24. The molecule has 1 heterocycles. The van der Waals surface area contributed by atoms with Gasteiger partial charge in [0.05, 0.1) is 11.8 Å². The molecule has 6 nitrogen and oxygen atoms in total. The summed E-state index contributed by atoms with van der Waals surface area (Å²) in [5.74, 6) is -0.755. The first-order chi connectivity index (χ1) is 9.51. The van der Waals surface area contributed by atoms with Gasteiger partial charge in [-0.3, -0.25) is 4.79 Å². The number of hydrogen-bond acceptors (Lipinski definition) is 5. The van der Waals surface area contributed by atoms with Gasteiger partial charge < -0.3 is 14.4 Å². The zero-order chi connectivity index (χ0) is 14.8. The molecule has 0 saturated carbocycles. The summed E-state index contributed by atoms with van der Waals surface area (Å²) < 4.78 is 10.7. The molecule has 1 aromatic heterocycles. The Morgan fingerprint density at radius 1 is 1.55 bits per heavy atom. The van der Waals surface area contributed by atoms with Crippen molar-refractivity contribution in [2.24, 2.45) is 5.92 Å². The Labute approximate surface area is 117 Å². The topological polar surface area (TPSA) is 85.5 Å². The summed E-state index contributed by atoms with van der Waals surface area (Å²) in [6.07, 6.45) is 5.65. The van der Waals surface area contributed by atoms with E-state index in [4.69, 9.17) is 9.26 Å². The predicted molar refractivity (Wildman–Crippen MR) is 71.2 cm³/mol. The standard InChI is InChI=1S/C14H20N2O4/c1-4-14(2,19-3)13-15-11(20-16-13)9-7-5-6-8-10(9)12(17)18/h5-6,9-10H,4,7-8H2,1-3H3,(H,17,18). The summed E-state index contributed by atoms with van der Waals surface area (Å²) in [6, 6.07) is 0. The molecule has 110 valence electrons. The third-order valence-corrected chi connectivity index (χ3v) is 4.11. The number of hydrogen-bond donors (Lipinski definition) is 1. The van der Waals surface area contributed by atoms with E-state index in [1.165, 1.54) is 0 Å². The Morgan fingerprint density at radius 3 is 2.85 bits per heavy atom. The number of aromatic nitrogens is 2. The van der Waals surface area contributed by atoms with Crippen molar-refractivity contribution in [3.63, 3.8) is 0 Å². The molecule has 0 amide bonds. The second-order valence-electron chi connectivity index (χ2n) is 5.24. The van der Waals surface area contributed by atoms with Gasteiger partial charge >= 0.3 is 5.97 Å². The number of carbonyl (C=O) groups is 1. The van der Waals surface area contributed by atoms with Gasteiger partial charge in [-0.15, -0.1) is 0 Å². The van der Waals surface area contributed by atoms with E-state index in [0.29, 0.717) is 31.0 Å². The maximum absolute atomic E-state index is 11.3. The average molecular weight is 280 g/mol. The highest BCUT2D eigenvalue weighted by atomic mass is 16.5. The quantitative estimate of drug-likeness (QED) is 0.834. The number of carboxylic acids is 1. The van der Waals surface area contributed by atoms with Crippen molar-refractivity contribution < 1.29 is 19.2 Å². The highest BCUT2D eigenvalue weighted by Crippen LogP contribution is 2.35. The van der Waals surface area contributed by atoms with E-state index in [2.05, 4.69) is 10.1 Å². The summed E-state index contributed by atoms with van der Waals surface area (Å²) in [5, 5.41) is 13.3. The first-order valence-electron chi connectivity index (χ1n) is 6.79. The highest BCUT2D eigenvalue weighted by Gasteiger charge is 2.36. The fraction of sp³-hybridized carbons (Fsp3) is 0.643. The maximum atomic E-state index is 11.3. The zero-order valence-corrected chi connectivity index (χ0v) is 12.0. The van der Waals surface area contributed by atoms with Gasteiger partial charge in [0.25, 0.3) is 0 Å². The zero-order valence-electron chi connectivity index (χ0n) is 12.0. The van der Waals surface area contributed by atoms with Crippen molar-refractivity contribution in [3.05, 3.63) is 23.9 Å². The lowest BCUT2D eigenvalue weighted by Crippen LogP contribution is -2.26. The van der Waals surface area contributed by atoms with Gasteiger partial charge in [-0.1, -0.05) is 24.2 Å². The molecule has 0 radical (unpaired) electrons. The maximum Gasteiger partial charge on any atom is 0.307 e. The van der Waals surface area contributed by atoms with Crippen LogP contribution in [0.3, 0.4) is 0 Å². The lowest BCUT2D eigenvalue weighted by molar-refractivity contribution is -0.142. The lowest BCUT2D eigenvalue weighted by Gasteiger charge is -2.23. The molecule has 0 spiro atoms. The fourth-order valence-electron chi connectivity index (χ4n) is 2.35. The highest BCUT2D eigenvalue weighted by molar-refractivity contribution is 5.71. The SMILES string of the molecule is CCC(C)(OC)c1noc(C2CC=CCC2C(=O)O)n1. The molecule has 3 atom stereocenters. The van der Waals surface area contributed by atoms with E-state index in [-0.39, 0.29) is 5.92 Å². The summed E-state index contributed by atoms with van der Waals surface area (Å²) in [6.45, 7) is 3.86. The molecule has 1 aromatic rings. The lowest BCUT2D eigenvalue weighted by atomic mass is 9.83. The summed E-state index contributed by atoms with van der Waals surface area (Å²) in [4.78, 5) is 15.7. The molecular weight excluding hydrogens is 260 g/mol. The van der Waals surface area contributed by atoms with Crippen LogP contribution >= 0.6 is 0 Å². The van der Waals surface area contributed by atoms with Crippen LogP contribution in [0.4, 0.5) is 0 Å². The summed E-state index contributed by atoms with van der Waals surface area (Å²) >= 11 is 0. The number of ether oxygens (including phenoxy) is 1. The van der Waals surface area contributed by atoms with Gasteiger partial charge in [0.15, 0.2) is 0 Å². The summed E-state index contributed by atoms with van der Waals surface area (Å²) in [5.41, 5.74) is -0.606. The normalized spacial score (nSPS) is 25.4. The van der Waals surface area contributed by atoms with Gasteiger partial charge in [-0.2, -0.15) is 4.98 Å². The molecular formula is C14H20N2O4. The van der Waals surface area contributed by atoms with Crippen LogP contribution in [0.15, 0.2) is 16.7 Å². The van der Waals surface area contributed by atoms with Crippen molar-refractivity contribution >= 4 is 5.97 Å². The number of allylic oxidation sites excluding steroid dienone is 2. The van der Waals surface area contributed by atoms with Gasteiger partial charge in [-0.05, 0) is 26.2 Å². The Balaban J connectivity index is 2.28. The van der Waals surface area contributed by atoms with Crippen molar-refractivity contribution in [1.29, 1.82) is 0 Å². The number of methoxy groups -OCH3 is 1. The van der Waals surface area contributed by atoms with E-state index >= 15 is 0 Å². The van der Waals surface area contributed by atoms with Crippen LogP contribution in [0.1, 0.15) is 50.7 Å². The van der Waals surface area contributed by atoms with E-state index < -0.39 is 17.5 Å². The Bertz CT molecular complexity index is 505. The van der Waals surface area contributed by atoms with Crippen LogP contribution < -0.4 is 0 Å². The number of nitrogens with zero attached hydrogens (tertiary/aromatic N) is 2. The monoisotopic (exact) mass is 280 g/mol. The van der Waals surface area contributed by atoms with Crippen molar-refractivity contribution in [2.75, 3.05) is 7.11 Å². The molecule has 1 N–H and O–H groups in total. The van der Waals surface area contributed by atoms with Gasteiger partial charge in [0.1, 0.15) is 5.60 Å². The smallest absolute Gasteiger partial charge is 0.307 e. The van der Waals surface area contributed by atoms with Crippen LogP contribution in [0.5, 0.6) is 0 Å². The third-order valence-electron chi connectivity index (χ3n) is 4.11. The third kappa shape index (κ3) is 2.60. The molecule has 6 heteroatoms. The van der Waals surface area contributed by atoms with E-state index in [1.54, 1.807) is 7.11 Å². The van der Waals surface area contributed by atoms with E-state index in [9.17, 15) is 9.90 Å². The first-order valence-corrected chi connectivity index (χ1v) is 6.79. The van der Waals surface area contributed by atoms with Gasteiger partial charge in [0.2, 0.25) is 11.7 Å².